The number of nitrogens with zero attached hydrogens (tertiary/aromatic N) is 2. The summed E-state index contributed by atoms with van der Waals surface area (Å²) in [6, 6.07) is 3.65. The van der Waals surface area contributed by atoms with Crippen LogP contribution in [0.3, 0.4) is 0 Å². The minimum Gasteiger partial charge on any atom is -0.543 e. The fourth-order valence-corrected chi connectivity index (χ4v) is 8.22. The van der Waals surface area contributed by atoms with Crippen LogP contribution in [0.1, 0.15) is 132 Å². The number of hydrogen-bond acceptors (Lipinski definition) is 9. The van der Waals surface area contributed by atoms with Crippen LogP contribution in [0.25, 0.3) is 6.08 Å². The van der Waals surface area contributed by atoms with Crippen LogP contribution >= 0.6 is 0 Å². The molecule has 2 fully saturated rings. The second kappa shape index (κ2) is 17.5. The molecule has 12 heteroatoms. The number of benzene rings is 1. The van der Waals surface area contributed by atoms with Gasteiger partial charge in [0, 0.05) is 31.6 Å². The summed E-state index contributed by atoms with van der Waals surface area (Å²) in [4.78, 5) is 45.0. The van der Waals surface area contributed by atoms with E-state index >= 15 is 0 Å². The molecule has 1 N–H and O–H groups in total. The molecule has 1 aromatic carbocycles. The first-order valence-corrected chi connectivity index (χ1v) is 23.7. The first-order chi connectivity index (χ1) is 26.1. The van der Waals surface area contributed by atoms with E-state index in [2.05, 4.69) is 33.9 Å². The third-order valence-electron chi connectivity index (χ3n) is 11.5. The Balaban J connectivity index is 1.86. The minimum atomic E-state index is -2.56. The lowest BCUT2D eigenvalue weighted by atomic mass is 9.88. The molecule has 1 aromatic rings. The van der Waals surface area contributed by atoms with Gasteiger partial charge < -0.3 is 33.4 Å². The van der Waals surface area contributed by atoms with E-state index in [9.17, 15) is 19.5 Å². The zero-order chi connectivity index (χ0) is 42.9. The van der Waals surface area contributed by atoms with Gasteiger partial charge in [-0.05, 0) is 130 Å². The number of ether oxygens (including phenoxy) is 4. The molecule has 0 unspecified atom stereocenters. The third-order valence-corrected chi connectivity index (χ3v) is 15.9. The maximum atomic E-state index is 14.4. The van der Waals surface area contributed by atoms with Gasteiger partial charge in [0.05, 0.1) is 23.5 Å². The standard InChI is InChI=1S/C45H72N2O9Si/c1-29-19-20-35(48)38-33(27-45(12,13)53-38)18-16-17-32-25-34(26-36(37(32)39(49)52-30(29)2)56-57(14,15)44(9,10)11)47(41(51)55-43(6,7)8)28-31-21-23-46(24-22-31)40(50)54-42(3,4)5/h16-17,19-20,25-26,29-31,33,35,38,48H,18,21-24,27-28H2,1-15H3/b17-16+,20-19-/t29-,30+,33-,35-,38+/m1/s1. The van der Waals surface area contributed by atoms with Crippen LogP contribution in [0.2, 0.25) is 18.1 Å². The molecule has 0 aliphatic carbocycles. The van der Waals surface area contributed by atoms with Crippen LogP contribution in [-0.2, 0) is 18.9 Å². The van der Waals surface area contributed by atoms with Gasteiger partial charge >= 0.3 is 18.2 Å². The Bertz CT molecular complexity index is 1660. The summed E-state index contributed by atoms with van der Waals surface area (Å²) in [5.74, 6) is -0.288. The number of aliphatic hydroxyl groups excluding tert-OH is 1. The van der Waals surface area contributed by atoms with Crippen LogP contribution in [0.5, 0.6) is 5.75 Å². The monoisotopic (exact) mass is 813 g/mol. The van der Waals surface area contributed by atoms with Gasteiger partial charge in [0.2, 0.25) is 0 Å². The molecular weight excluding hydrogens is 741 g/mol. The molecule has 3 aliphatic rings. The van der Waals surface area contributed by atoms with Gasteiger partial charge in [-0.15, -0.1) is 0 Å². The lowest BCUT2D eigenvalue weighted by molar-refractivity contribution is -0.0649. The largest absolute Gasteiger partial charge is 0.543 e. The van der Waals surface area contributed by atoms with Crippen molar-refractivity contribution in [3.05, 3.63) is 41.5 Å². The van der Waals surface area contributed by atoms with Gasteiger partial charge in [-0.3, -0.25) is 4.90 Å². The number of rotatable bonds is 5. The van der Waals surface area contributed by atoms with Crippen molar-refractivity contribution in [2.75, 3.05) is 24.5 Å². The molecule has 3 heterocycles. The van der Waals surface area contributed by atoms with Gasteiger partial charge in [-0.2, -0.15) is 0 Å². The Labute approximate surface area is 343 Å². The van der Waals surface area contributed by atoms with Crippen LogP contribution in [0.4, 0.5) is 15.3 Å². The molecular formula is C45H72N2O9Si. The van der Waals surface area contributed by atoms with Crippen molar-refractivity contribution in [1.29, 1.82) is 0 Å². The highest BCUT2D eigenvalue weighted by Crippen LogP contribution is 2.43. The number of carbonyl (C=O) groups excluding carboxylic acids is 3. The van der Waals surface area contributed by atoms with Crippen molar-refractivity contribution < 1.29 is 42.9 Å². The fourth-order valence-electron chi connectivity index (χ4n) is 7.21. The summed E-state index contributed by atoms with van der Waals surface area (Å²) in [5, 5.41) is 11.1. The van der Waals surface area contributed by atoms with Gasteiger partial charge in [0.15, 0.2) is 0 Å². The van der Waals surface area contributed by atoms with Crippen molar-refractivity contribution >= 4 is 38.2 Å². The Morgan fingerprint density at radius 2 is 1.58 bits per heavy atom. The number of cyclic esters (lactones) is 1. The average Bonchev–Trinajstić information content (AvgIpc) is 3.37. The normalized spacial score (nSPS) is 26.3. The highest BCUT2D eigenvalue weighted by Gasteiger charge is 2.43. The molecule has 320 valence electrons. The molecule has 57 heavy (non-hydrogen) atoms. The van der Waals surface area contributed by atoms with Gasteiger partial charge in [-0.1, -0.05) is 52.0 Å². The minimum absolute atomic E-state index is 0.0258. The molecule has 2 saturated heterocycles. The summed E-state index contributed by atoms with van der Waals surface area (Å²) in [7, 11) is -2.56. The summed E-state index contributed by atoms with van der Waals surface area (Å²) < 4.78 is 31.2. The topological polar surface area (TPSA) is 124 Å². The summed E-state index contributed by atoms with van der Waals surface area (Å²) >= 11 is 0. The third kappa shape index (κ3) is 12.6. The van der Waals surface area contributed by atoms with Crippen LogP contribution in [-0.4, -0.2) is 91.2 Å². The Morgan fingerprint density at radius 1 is 0.965 bits per heavy atom. The highest BCUT2D eigenvalue weighted by molar-refractivity contribution is 6.74. The molecule has 0 spiro atoms. The molecule has 0 bridgehead atoms. The Hall–Kier alpha value is -3.35. The molecule has 0 saturated carbocycles. The van der Waals surface area contributed by atoms with E-state index in [1.807, 2.05) is 93.5 Å². The number of likely N-dealkylation sites (tertiary alicyclic amines) is 1. The quantitative estimate of drug-likeness (QED) is 0.134. The fraction of sp³-hybridized carbons (Fsp3) is 0.711. The predicted octanol–water partition coefficient (Wildman–Crippen LogP) is 10.2. The Kier molecular flexibility index (Phi) is 14.2. The zero-order valence-electron chi connectivity index (χ0n) is 37.5. The Morgan fingerprint density at radius 3 is 2.16 bits per heavy atom. The number of aliphatic hydroxyl groups is 1. The number of carbonyl (C=O) groups is 3. The van der Waals surface area contributed by atoms with E-state index in [4.69, 9.17) is 23.4 Å². The number of fused-ring (bicyclic) bond motifs is 2. The first kappa shape index (κ1) is 46.3. The number of anilines is 1. The van der Waals surface area contributed by atoms with Crippen molar-refractivity contribution in [1.82, 2.24) is 4.90 Å². The number of amides is 2. The van der Waals surface area contributed by atoms with Crippen LogP contribution < -0.4 is 9.33 Å². The zero-order valence-corrected chi connectivity index (χ0v) is 38.5. The van der Waals surface area contributed by atoms with Crippen molar-refractivity contribution in [3.8, 4) is 5.75 Å². The predicted molar refractivity (Wildman–Crippen MR) is 228 cm³/mol. The first-order valence-electron chi connectivity index (χ1n) is 20.8. The van der Waals surface area contributed by atoms with E-state index < -0.39 is 55.5 Å². The van der Waals surface area contributed by atoms with Gasteiger partial charge in [-0.25, -0.2) is 14.4 Å². The lowest BCUT2D eigenvalue weighted by Crippen LogP contribution is -2.46. The van der Waals surface area contributed by atoms with E-state index in [0.29, 0.717) is 61.5 Å². The van der Waals surface area contributed by atoms with E-state index in [0.717, 1.165) is 6.42 Å². The van der Waals surface area contributed by atoms with E-state index in [1.54, 1.807) is 21.9 Å². The molecule has 0 radical (unpaired) electrons. The second-order valence-corrected chi connectivity index (χ2v) is 25.3. The van der Waals surface area contributed by atoms with E-state index in [-0.39, 0.29) is 28.9 Å². The summed E-state index contributed by atoms with van der Waals surface area (Å²) in [6.45, 7) is 31.0. The molecule has 5 atom stereocenters. The van der Waals surface area contributed by atoms with Gasteiger partial charge in [0.1, 0.15) is 28.6 Å². The van der Waals surface area contributed by atoms with Crippen LogP contribution in [0, 0.1) is 17.8 Å². The molecule has 2 amide bonds. The molecule has 4 rings (SSSR count). The smallest absolute Gasteiger partial charge is 0.414 e. The summed E-state index contributed by atoms with van der Waals surface area (Å²) in [6.07, 6.45) is 7.68. The maximum Gasteiger partial charge on any atom is 0.414 e. The molecule has 11 nitrogen and oxygen atoms in total. The number of hydrogen-bond donors (Lipinski definition) is 1. The lowest BCUT2D eigenvalue weighted by Gasteiger charge is -2.38. The van der Waals surface area contributed by atoms with Crippen LogP contribution in [0.15, 0.2) is 30.4 Å². The second-order valence-electron chi connectivity index (χ2n) is 20.6. The highest BCUT2D eigenvalue weighted by atomic mass is 28.4. The number of esters is 1. The SMILES string of the molecule is C[C@@H]1/C=C\[C@@H](O)[C@H]2OC(C)(C)C[C@H]2C/C=C/c2cc(N(CC3CCN(C(=O)OC(C)(C)C)CC3)C(=O)OC(C)(C)C)cc(O[Si](C)(C)C(C)(C)C)c2C(=O)O[C@H]1C. The molecule has 0 aromatic heterocycles. The average molecular weight is 813 g/mol. The van der Waals surface area contributed by atoms with Crippen molar-refractivity contribution in [3.63, 3.8) is 0 Å². The number of piperidine rings is 1. The van der Waals surface area contributed by atoms with Crippen molar-refractivity contribution in [2.24, 2.45) is 17.8 Å². The van der Waals surface area contributed by atoms with Crippen molar-refractivity contribution in [2.45, 2.75) is 169 Å². The number of allylic oxidation sites excluding steroid dienone is 1. The maximum absolute atomic E-state index is 14.4. The van der Waals surface area contributed by atoms with E-state index in [1.165, 1.54) is 0 Å². The molecule has 3 aliphatic heterocycles. The van der Waals surface area contributed by atoms with Gasteiger partial charge in [0.25, 0.3) is 8.32 Å². The summed E-state index contributed by atoms with van der Waals surface area (Å²) in [5.41, 5.74) is -0.378.